The van der Waals surface area contributed by atoms with Crippen LogP contribution < -0.4 is 11.1 Å². The zero-order valence-corrected chi connectivity index (χ0v) is 12.5. The summed E-state index contributed by atoms with van der Waals surface area (Å²) < 4.78 is 4.79. The molecule has 21 heavy (non-hydrogen) atoms. The number of esters is 1. The number of amides is 1. The van der Waals surface area contributed by atoms with E-state index >= 15 is 0 Å². The Labute approximate surface area is 125 Å². The van der Waals surface area contributed by atoms with Crippen LogP contribution in [0.25, 0.3) is 6.08 Å². The van der Waals surface area contributed by atoms with Crippen molar-refractivity contribution in [2.24, 2.45) is 5.73 Å². The number of carbonyl (C=O) groups excluding carboxylic acids is 2. The third-order valence-electron chi connectivity index (χ3n) is 2.81. The first-order chi connectivity index (χ1) is 10.1. The number of nitrogens with one attached hydrogen (secondary N) is 1. The second-order valence-electron chi connectivity index (χ2n) is 4.59. The van der Waals surface area contributed by atoms with Gasteiger partial charge in [0, 0.05) is 11.8 Å². The smallest absolute Gasteiger partial charge is 0.330 e. The number of anilines is 1. The van der Waals surface area contributed by atoms with Gasteiger partial charge in [0.25, 0.3) is 0 Å². The molecular formula is C16H22N2O3. The van der Waals surface area contributed by atoms with Gasteiger partial charge >= 0.3 is 5.97 Å². The van der Waals surface area contributed by atoms with Crippen LogP contribution in [0.4, 0.5) is 5.69 Å². The Bertz CT molecular complexity index is 495. The van der Waals surface area contributed by atoms with Gasteiger partial charge in [0.05, 0.1) is 12.6 Å². The maximum Gasteiger partial charge on any atom is 0.330 e. The molecule has 5 nitrogen and oxygen atoms in total. The molecule has 0 bridgehead atoms. The molecule has 0 aliphatic rings. The normalized spacial score (nSPS) is 12.1. The standard InChI is InChI=1S/C16H22N2O3/c1-3-5-14(17)16(20)18-13-9-6-12(7-10-13)8-11-15(19)21-4-2/h6-11,14H,3-5,17H2,1-2H3,(H,18,20)/b11-8+/t14-/m1/s1. The average Bonchev–Trinajstić information content (AvgIpc) is 2.47. The summed E-state index contributed by atoms with van der Waals surface area (Å²) in [6.45, 7) is 4.09. The second-order valence-corrected chi connectivity index (χ2v) is 4.59. The number of carbonyl (C=O) groups is 2. The van der Waals surface area contributed by atoms with E-state index in [4.69, 9.17) is 10.5 Å². The molecule has 1 aromatic carbocycles. The van der Waals surface area contributed by atoms with Gasteiger partial charge in [0.15, 0.2) is 0 Å². The molecule has 1 rings (SSSR count). The lowest BCUT2D eigenvalue weighted by Crippen LogP contribution is -2.35. The fraction of sp³-hybridized carbons (Fsp3) is 0.375. The minimum Gasteiger partial charge on any atom is -0.463 e. The van der Waals surface area contributed by atoms with E-state index in [9.17, 15) is 9.59 Å². The van der Waals surface area contributed by atoms with Crippen LogP contribution in [0.1, 0.15) is 32.3 Å². The molecule has 0 heterocycles. The second kappa shape index (κ2) is 8.92. The Morgan fingerprint density at radius 1 is 1.29 bits per heavy atom. The van der Waals surface area contributed by atoms with Crippen LogP contribution in [0.3, 0.4) is 0 Å². The number of benzene rings is 1. The fourth-order valence-corrected chi connectivity index (χ4v) is 1.71. The summed E-state index contributed by atoms with van der Waals surface area (Å²) in [6, 6.07) is 6.65. The lowest BCUT2D eigenvalue weighted by molar-refractivity contribution is -0.137. The van der Waals surface area contributed by atoms with Gasteiger partial charge in [-0.15, -0.1) is 0 Å². The van der Waals surface area contributed by atoms with E-state index in [-0.39, 0.29) is 11.9 Å². The van der Waals surface area contributed by atoms with Gasteiger partial charge in [-0.25, -0.2) is 4.79 Å². The minimum absolute atomic E-state index is 0.188. The first-order valence-corrected chi connectivity index (χ1v) is 7.08. The number of ether oxygens (including phenoxy) is 1. The van der Waals surface area contributed by atoms with Gasteiger partial charge < -0.3 is 15.8 Å². The largest absolute Gasteiger partial charge is 0.463 e. The van der Waals surface area contributed by atoms with Crippen LogP contribution in [-0.2, 0) is 14.3 Å². The molecule has 1 amide bonds. The van der Waals surface area contributed by atoms with Gasteiger partial charge in [-0.05, 0) is 37.1 Å². The van der Waals surface area contributed by atoms with Gasteiger partial charge in [-0.2, -0.15) is 0 Å². The van der Waals surface area contributed by atoms with Crippen molar-refractivity contribution in [3.8, 4) is 0 Å². The topological polar surface area (TPSA) is 81.4 Å². The minimum atomic E-state index is -0.488. The molecule has 1 aromatic rings. The molecule has 0 aliphatic carbocycles. The lowest BCUT2D eigenvalue weighted by atomic mass is 10.1. The first kappa shape index (κ1) is 16.9. The zero-order valence-electron chi connectivity index (χ0n) is 12.5. The summed E-state index contributed by atoms with van der Waals surface area (Å²) in [4.78, 5) is 22.9. The number of hydrogen-bond acceptors (Lipinski definition) is 4. The van der Waals surface area contributed by atoms with Crippen LogP contribution in [0.2, 0.25) is 0 Å². The van der Waals surface area contributed by atoms with Crippen molar-refractivity contribution >= 4 is 23.6 Å². The quantitative estimate of drug-likeness (QED) is 0.596. The Morgan fingerprint density at radius 3 is 2.52 bits per heavy atom. The summed E-state index contributed by atoms with van der Waals surface area (Å²) >= 11 is 0. The number of hydrogen-bond donors (Lipinski definition) is 2. The van der Waals surface area contributed by atoms with Gasteiger partial charge in [-0.1, -0.05) is 25.5 Å². The molecule has 0 aromatic heterocycles. The molecule has 0 saturated heterocycles. The van der Waals surface area contributed by atoms with E-state index in [1.807, 2.05) is 6.92 Å². The van der Waals surface area contributed by atoms with E-state index in [2.05, 4.69) is 5.32 Å². The molecule has 0 fully saturated rings. The molecule has 0 saturated carbocycles. The van der Waals surface area contributed by atoms with Crippen molar-refractivity contribution in [2.75, 3.05) is 11.9 Å². The molecule has 0 radical (unpaired) electrons. The highest BCUT2D eigenvalue weighted by Crippen LogP contribution is 2.11. The first-order valence-electron chi connectivity index (χ1n) is 7.08. The monoisotopic (exact) mass is 290 g/mol. The Balaban J connectivity index is 2.58. The van der Waals surface area contributed by atoms with Gasteiger partial charge in [0.1, 0.15) is 0 Å². The molecule has 0 unspecified atom stereocenters. The molecule has 0 aliphatic heterocycles. The summed E-state index contributed by atoms with van der Waals surface area (Å²) in [5.41, 5.74) is 7.27. The van der Waals surface area contributed by atoms with E-state index < -0.39 is 6.04 Å². The highest BCUT2D eigenvalue weighted by atomic mass is 16.5. The van der Waals surface area contributed by atoms with Crippen molar-refractivity contribution in [3.63, 3.8) is 0 Å². The Kier molecular flexibility index (Phi) is 7.18. The molecule has 3 N–H and O–H groups in total. The van der Waals surface area contributed by atoms with Crippen LogP contribution in [0.15, 0.2) is 30.3 Å². The lowest BCUT2D eigenvalue weighted by Gasteiger charge is -2.11. The van der Waals surface area contributed by atoms with Gasteiger partial charge in [0.2, 0.25) is 5.91 Å². The fourth-order valence-electron chi connectivity index (χ4n) is 1.71. The van der Waals surface area contributed by atoms with E-state index in [0.29, 0.717) is 18.7 Å². The highest BCUT2D eigenvalue weighted by Gasteiger charge is 2.11. The number of nitrogens with two attached hydrogens (primary N) is 1. The van der Waals surface area contributed by atoms with Crippen molar-refractivity contribution in [1.82, 2.24) is 0 Å². The third-order valence-corrected chi connectivity index (χ3v) is 2.81. The molecule has 114 valence electrons. The van der Waals surface area contributed by atoms with Crippen molar-refractivity contribution in [1.29, 1.82) is 0 Å². The van der Waals surface area contributed by atoms with E-state index in [0.717, 1.165) is 12.0 Å². The average molecular weight is 290 g/mol. The molecular weight excluding hydrogens is 268 g/mol. The summed E-state index contributed by atoms with van der Waals surface area (Å²) in [6.07, 6.45) is 4.55. The van der Waals surface area contributed by atoms with Crippen LogP contribution in [0.5, 0.6) is 0 Å². The van der Waals surface area contributed by atoms with Crippen molar-refractivity contribution in [2.45, 2.75) is 32.7 Å². The summed E-state index contributed by atoms with van der Waals surface area (Å²) in [5.74, 6) is -0.563. The molecule has 5 heteroatoms. The molecule has 0 spiro atoms. The van der Waals surface area contributed by atoms with E-state index in [1.54, 1.807) is 37.3 Å². The van der Waals surface area contributed by atoms with Gasteiger partial charge in [-0.3, -0.25) is 4.79 Å². The van der Waals surface area contributed by atoms with Crippen molar-refractivity contribution < 1.29 is 14.3 Å². The van der Waals surface area contributed by atoms with Crippen molar-refractivity contribution in [3.05, 3.63) is 35.9 Å². The van der Waals surface area contributed by atoms with E-state index in [1.165, 1.54) is 6.08 Å². The van der Waals surface area contributed by atoms with Crippen LogP contribution in [-0.4, -0.2) is 24.5 Å². The summed E-state index contributed by atoms with van der Waals surface area (Å²) in [7, 11) is 0. The zero-order chi connectivity index (χ0) is 15.7. The number of rotatable bonds is 7. The van der Waals surface area contributed by atoms with Crippen LogP contribution >= 0.6 is 0 Å². The molecule has 1 atom stereocenters. The summed E-state index contributed by atoms with van der Waals surface area (Å²) in [5, 5.41) is 2.76. The predicted octanol–water partition coefficient (Wildman–Crippen LogP) is 2.33. The highest BCUT2D eigenvalue weighted by molar-refractivity contribution is 5.94. The third kappa shape index (κ3) is 6.23. The SMILES string of the molecule is CCC[C@@H](N)C(=O)Nc1ccc(/C=C/C(=O)OCC)cc1. The maximum atomic E-state index is 11.8. The van der Waals surface area contributed by atoms with Crippen LogP contribution in [0, 0.1) is 0 Å². The predicted molar refractivity (Wildman–Crippen MR) is 83.6 cm³/mol. The maximum absolute atomic E-state index is 11.8. The Morgan fingerprint density at radius 2 is 1.95 bits per heavy atom. The Hall–Kier alpha value is -2.14.